The zero-order valence-electron chi connectivity index (χ0n) is 21.3. The third-order valence-corrected chi connectivity index (χ3v) is 5.49. The summed E-state index contributed by atoms with van der Waals surface area (Å²) in [5.74, 6) is -0.344. The first-order valence-electron chi connectivity index (χ1n) is 11.6. The van der Waals surface area contributed by atoms with Crippen molar-refractivity contribution >= 4 is 28.6 Å². The number of esters is 1. The molecule has 0 radical (unpaired) electrons. The van der Waals surface area contributed by atoms with Gasteiger partial charge < -0.3 is 37.9 Å². The molecule has 37 heavy (non-hydrogen) atoms. The van der Waals surface area contributed by atoms with Gasteiger partial charge in [-0.25, -0.2) is 14.8 Å². The summed E-state index contributed by atoms with van der Waals surface area (Å²) < 4.78 is 29.6. The minimum absolute atomic E-state index is 0.342. The molecular formula is C25H35IN4O7. The average Bonchev–Trinajstić information content (AvgIpc) is 3.29. The monoisotopic (exact) mass is 630 g/mol. The van der Waals surface area contributed by atoms with Gasteiger partial charge in [0.25, 0.3) is 0 Å². The lowest BCUT2D eigenvalue weighted by atomic mass is 10.2. The third-order valence-electron chi connectivity index (χ3n) is 4.77. The van der Waals surface area contributed by atoms with Crippen LogP contribution in [0.4, 0.5) is 0 Å². The van der Waals surface area contributed by atoms with Crippen LogP contribution in [0.15, 0.2) is 61.7 Å². The Morgan fingerprint density at radius 3 is 2.08 bits per heavy atom. The van der Waals surface area contributed by atoms with Crippen LogP contribution in [0.3, 0.4) is 0 Å². The summed E-state index contributed by atoms with van der Waals surface area (Å²) in [7, 11) is 4.83. The van der Waals surface area contributed by atoms with Crippen LogP contribution in [0.5, 0.6) is 0 Å². The molecule has 2 aromatic heterocycles. The minimum Gasteiger partial charge on any atom is -0.454 e. The molecular weight excluding hydrogens is 595 g/mol. The zero-order chi connectivity index (χ0) is 26.9. The normalized spacial score (nSPS) is 15.4. The summed E-state index contributed by atoms with van der Waals surface area (Å²) in [4.78, 5) is 19.9. The van der Waals surface area contributed by atoms with Gasteiger partial charge in [0, 0.05) is 49.7 Å². The lowest BCUT2D eigenvalue weighted by molar-refractivity contribution is 0.000265. The van der Waals surface area contributed by atoms with Gasteiger partial charge in [-0.05, 0) is 46.9 Å². The maximum Gasteiger partial charge on any atom is 0.338 e. The summed E-state index contributed by atoms with van der Waals surface area (Å²) in [6, 6.07) is 7.26. The molecule has 3 aromatic rings. The number of aliphatic hydroxyl groups excluding tert-OH is 1. The van der Waals surface area contributed by atoms with E-state index in [1.807, 2.05) is 27.5 Å². The van der Waals surface area contributed by atoms with Crippen molar-refractivity contribution in [3.63, 3.8) is 0 Å². The first kappa shape index (κ1) is 30.9. The Bertz CT molecular complexity index is 968. The number of halogens is 1. The summed E-state index contributed by atoms with van der Waals surface area (Å²) in [6.07, 6.45) is 9.97. The van der Waals surface area contributed by atoms with Crippen molar-refractivity contribution in [1.29, 1.82) is 0 Å². The van der Waals surface area contributed by atoms with Crippen molar-refractivity contribution in [2.24, 2.45) is 0 Å². The lowest BCUT2D eigenvalue weighted by Crippen LogP contribution is -2.27. The molecule has 1 fully saturated rings. The molecule has 1 N–H and O–H groups in total. The van der Waals surface area contributed by atoms with Gasteiger partial charge in [-0.3, -0.25) is 0 Å². The van der Waals surface area contributed by atoms with Crippen LogP contribution >= 0.6 is 22.6 Å². The Labute approximate surface area is 230 Å². The molecule has 0 spiro atoms. The Hall–Kier alpha value is -2.36. The summed E-state index contributed by atoms with van der Waals surface area (Å²) in [6.45, 7) is 3.41. The number of rotatable bonds is 12. The van der Waals surface area contributed by atoms with E-state index in [1.165, 1.54) is 0 Å². The van der Waals surface area contributed by atoms with Crippen LogP contribution in [0, 0.1) is 3.57 Å². The van der Waals surface area contributed by atoms with Crippen molar-refractivity contribution in [2.45, 2.75) is 31.4 Å². The summed E-state index contributed by atoms with van der Waals surface area (Å²) in [5, 5.41) is 9.25. The molecule has 11 nitrogen and oxygen atoms in total. The van der Waals surface area contributed by atoms with Gasteiger partial charge in [-0.2, -0.15) is 0 Å². The highest BCUT2D eigenvalue weighted by molar-refractivity contribution is 14.1. The topological polar surface area (TPSA) is 122 Å². The van der Waals surface area contributed by atoms with Crippen LogP contribution in [-0.2, 0) is 36.8 Å². The van der Waals surface area contributed by atoms with Gasteiger partial charge in [-0.1, -0.05) is 0 Å². The van der Waals surface area contributed by atoms with E-state index in [1.54, 1.807) is 64.7 Å². The first-order chi connectivity index (χ1) is 17.9. The fourth-order valence-corrected chi connectivity index (χ4v) is 3.34. The molecule has 0 amide bonds. The molecule has 0 aliphatic carbocycles. The Morgan fingerprint density at radius 2 is 1.62 bits per heavy atom. The van der Waals surface area contributed by atoms with Crippen molar-refractivity contribution in [3.05, 3.63) is 70.8 Å². The first-order valence-corrected chi connectivity index (χ1v) is 12.7. The molecule has 3 atom stereocenters. The number of carbonyl (C=O) groups is 1. The number of carbonyl (C=O) groups excluding carboxylic acids is 1. The fourth-order valence-electron chi connectivity index (χ4n) is 2.98. The number of epoxide rings is 1. The molecule has 4 rings (SSSR count). The molecule has 12 heteroatoms. The number of benzene rings is 1. The molecule has 1 aromatic carbocycles. The summed E-state index contributed by atoms with van der Waals surface area (Å²) >= 11 is 2.19. The minimum atomic E-state index is -0.450. The molecule has 204 valence electrons. The fraction of sp³-hybridized carbons (Fsp3) is 0.480. The van der Waals surface area contributed by atoms with Crippen molar-refractivity contribution < 1.29 is 33.6 Å². The number of nitrogens with zero attached hydrogens (tertiary/aromatic N) is 4. The highest BCUT2D eigenvalue weighted by Gasteiger charge is 2.21. The van der Waals surface area contributed by atoms with Crippen molar-refractivity contribution in [2.75, 3.05) is 47.8 Å². The van der Waals surface area contributed by atoms with Crippen LogP contribution in [0.25, 0.3) is 0 Å². The van der Waals surface area contributed by atoms with Crippen LogP contribution in [0.1, 0.15) is 10.4 Å². The molecule has 3 heterocycles. The van der Waals surface area contributed by atoms with E-state index in [0.29, 0.717) is 38.0 Å². The maximum absolute atomic E-state index is 12.1. The second kappa shape index (κ2) is 18.0. The van der Waals surface area contributed by atoms with E-state index in [2.05, 4.69) is 32.6 Å². The van der Waals surface area contributed by atoms with E-state index in [-0.39, 0.29) is 12.1 Å². The maximum atomic E-state index is 12.1. The van der Waals surface area contributed by atoms with Crippen LogP contribution < -0.4 is 0 Å². The van der Waals surface area contributed by atoms with E-state index in [9.17, 15) is 9.90 Å². The molecule has 1 aliphatic heterocycles. The molecule has 0 bridgehead atoms. The standard InChI is InChI=1S/C14H15IN2O3.C7H12N2O2.C4H8O2/c1-19-9-13(8-17-7-6-16-10-17)20-14(18)11-2-4-12(15)5-3-11;1-11-5-7(10)4-9-3-2-8-6-9;1-5-2-4-3-6-4/h2-7,10,13H,8-9H2,1H3;2-3,6-7,10H,4-5H2,1H3;4H,2-3H2,1H3/t13-;7-;4-/m110/s1. The number of aliphatic hydroxyl groups is 1. The number of methoxy groups -OCH3 is 3. The quantitative estimate of drug-likeness (QED) is 0.183. The number of imidazole rings is 2. The number of ether oxygens (including phenoxy) is 5. The predicted molar refractivity (Wildman–Crippen MR) is 144 cm³/mol. The number of hydrogen-bond donors (Lipinski definition) is 1. The van der Waals surface area contributed by atoms with E-state index < -0.39 is 6.10 Å². The molecule has 1 aliphatic rings. The van der Waals surface area contributed by atoms with Gasteiger partial charge in [0.1, 0.15) is 12.2 Å². The van der Waals surface area contributed by atoms with Crippen LogP contribution in [-0.4, -0.2) is 96.2 Å². The SMILES string of the molecule is COC[C@@H](Cn1ccnc1)OC(=O)c1ccc(I)cc1.COC[C@H](O)Cn1ccnc1.COC[C@H]1CO1. The third kappa shape index (κ3) is 13.7. The molecule has 0 unspecified atom stereocenters. The smallest absolute Gasteiger partial charge is 0.338 e. The summed E-state index contributed by atoms with van der Waals surface area (Å²) in [5.41, 5.74) is 0.539. The van der Waals surface area contributed by atoms with Crippen LogP contribution in [0.2, 0.25) is 0 Å². The second-order valence-corrected chi connectivity index (χ2v) is 9.27. The van der Waals surface area contributed by atoms with Crippen molar-refractivity contribution in [3.8, 4) is 0 Å². The Kier molecular flexibility index (Phi) is 15.0. The predicted octanol–water partition coefficient (Wildman–Crippen LogP) is 2.28. The number of hydrogen-bond acceptors (Lipinski definition) is 9. The zero-order valence-corrected chi connectivity index (χ0v) is 23.5. The van der Waals surface area contributed by atoms with E-state index in [0.717, 1.165) is 16.8 Å². The van der Waals surface area contributed by atoms with Gasteiger partial charge in [0.15, 0.2) is 0 Å². The average molecular weight is 630 g/mol. The molecule has 0 saturated carbocycles. The van der Waals surface area contributed by atoms with Gasteiger partial charge in [-0.15, -0.1) is 0 Å². The number of aromatic nitrogens is 4. The van der Waals surface area contributed by atoms with Gasteiger partial charge in [0.05, 0.1) is 63.8 Å². The van der Waals surface area contributed by atoms with E-state index in [4.69, 9.17) is 23.7 Å². The Balaban J connectivity index is 0.000000235. The van der Waals surface area contributed by atoms with E-state index >= 15 is 0 Å². The highest BCUT2D eigenvalue weighted by Crippen LogP contribution is 2.10. The van der Waals surface area contributed by atoms with Crippen molar-refractivity contribution in [1.82, 2.24) is 19.1 Å². The molecule has 1 saturated heterocycles. The lowest BCUT2D eigenvalue weighted by Gasteiger charge is -2.17. The van der Waals surface area contributed by atoms with Gasteiger partial charge in [0.2, 0.25) is 0 Å². The highest BCUT2D eigenvalue weighted by atomic mass is 127. The Morgan fingerprint density at radius 1 is 1.03 bits per heavy atom. The van der Waals surface area contributed by atoms with Gasteiger partial charge >= 0.3 is 5.97 Å². The second-order valence-electron chi connectivity index (χ2n) is 8.03. The largest absolute Gasteiger partial charge is 0.454 e.